The van der Waals surface area contributed by atoms with Crippen LogP contribution in [0.1, 0.15) is 6.92 Å². The van der Waals surface area contributed by atoms with Crippen molar-refractivity contribution in [2.45, 2.75) is 6.92 Å². The number of aromatic nitrogens is 1. The summed E-state index contributed by atoms with van der Waals surface area (Å²) >= 11 is 0. The third kappa shape index (κ3) is 1.69. The van der Waals surface area contributed by atoms with E-state index < -0.39 is 0 Å². The van der Waals surface area contributed by atoms with E-state index in [4.69, 9.17) is 0 Å². The number of anilines is 1. The molecule has 0 unspecified atom stereocenters. The zero-order chi connectivity index (χ0) is 11.7. The summed E-state index contributed by atoms with van der Waals surface area (Å²) in [5.74, 6) is -0.243. The van der Waals surface area contributed by atoms with Crippen molar-refractivity contribution in [2.75, 3.05) is 5.32 Å². The number of nitrogens with one attached hydrogen (secondary N) is 1. The lowest BCUT2D eigenvalue weighted by molar-refractivity contribution is -0.114. The van der Waals surface area contributed by atoms with Gasteiger partial charge in [-0.2, -0.15) is 0 Å². The van der Waals surface area contributed by atoms with Crippen molar-refractivity contribution in [3.05, 3.63) is 40.7 Å². The SMILES string of the molecule is CC(=O)Nc1cn(C)c2ccccc2c1=O. The summed E-state index contributed by atoms with van der Waals surface area (Å²) in [5, 5.41) is 3.14. The number of para-hydroxylation sites is 1. The molecule has 82 valence electrons. The van der Waals surface area contributed by atoms with Gasteiger partial charge in [-0.25, -0.2) is 0 Å². The molecule has 4 nitrogen and oxygen atoms in total. The maximum absolute atomic E-state index is 12.0. The summed E-state index contributed by atoms with van der Waals surface area (Å²) < 4.78 is 1.82. The number of pyridine rings is 1. The average Bonchev–Trinajstić information content (AvgIpc) is 2.25. The summed E-state index contributed by atoms with van der Waals surface area (Å²) in [4.78, 5) is 22.9. The molecule has 0 fully saturated rings. The number of amides is 1. The fourth-order valence-corrected chi connectivity index (χ4v) is 1.72. The lowest BCUT2D eigenvalue weighted by Crippen LogP contribution is -2.17. The highest BCUT2D eigenvalue weighted by Gasteiger charge is 2.07. The van der Waals surface area contributed by atoms with Gasteiger partial charge < -0.3 is 9.88 Å². The number of carbonyl (C=O) groups is 1. The number of hydrogen-bond acceptors (Lipinski definition) is 2. The van der Waals surface area contributed by atoms with E-state index >= 15 is 0 Å². The molecule has 4 heteroatoms. The third-order valence-electron chi connectivity index (χ3n) is 2.41. The quantitative estimate of drug-likeness (QED) is 0.785. The number of rotatable bonds is 1. The van der Waals surface area contributed by atoms with Gasteiger partial charge in [0, 0.05) is 25.6 Å². The summed E-state index contributed by atoms with van der Waals surface area (Å²) in [5.41, 5.74) is 1.01. The number of nitrogens with zero attached hydrogens (tertiary/aromatic N) is 1. The number of benzene rings is 1. The van der Waals surface area contributed by atoms with Gasteiger partial charge in [-0.05, 0) is 12.1 Å². The Kier molecular flexibility index (Phi) is 2.48. The smallest absolute Gasteiger partial charge is 0.221 e. The van der Waals surface area contributed by atoms with Gasteiger partial charge in [0.15, 0.2) is 0 Å². The average molecular weight is 216 g/mol. The number of aryl methyl sites for hydroxylation is 1. The van der Waals surface area contributed by atoms with Crippen LogP contribution in [-0.4, -0.2) is 10.5 Å². The Morgan fingerprint density at radius 2 is 2.00 bits per heavy atom. The van der Waals surface area contributed by atoms with Crippen LogP contribution in [0.5, 0.6) is 0 Å². The molecule has 1 aromatic heterocycles. The monoisotopic (exact) mass is 216 g/mol. The van der Waals surface area contributed by atoms with Crippen molar-refractivity contribution in [2.24, 2.45) is 7.05 Å². The predicted molar refractivity (Wildman–Crippen MR) is 63.5 cm³/mol. The highest BCUT2D eigenvalue weighted by molar-refractivity contribution is 5.91. The molecule has 0 saturated heterocycles. The van der Waals surface area contributed by atoms with E-state index in [-0.39, 0.29) is 11.3 Å². The number of hydrogen-bond donors (Lipinski definition) is 1. The molecule has 1 amide bonds. The van der Waals surface area contributed by atoms with Gasteiger partial charge in [-0.3, -0.25) is 9.59 Å². The van der Waals surface area contributed by atoms with Gasteiger partial charge in [0.05, 0.1) is 5.52 Å². The summed E-state index contributed by atoms with van der Waals surface area (Å²) in [6.45, 7) is 1.38. The van der Waals surface area contributed by atoms with Gasteiger partial charge in [0.2, 0.25) is 11.3 Å². The van der Waals surface area contributed by atoms with Crippen LogP contribution in [0.2, 0.25) is 0 Å². The molecule has 1 heterocycles. The van der Waals surface area contributed by atoms with E-state index in [1.54, 1.807) is 18.3 Å². The molecular weight excluding hydrogens is 204 g/mol. The maximum Gasteiger partial charge on any atom is 0.221 e. The Morgan fingerprint density at radius 3 is 2.69 bits per heavy atom. The van der Waals surface area contributed by atoms with Crippen LogP contribution in [0, 0.1) is 0 Å². The van der Waals surface area contributed by atoms with E-state index in [2.05, 4.69) is 5.32 Å². The second kappa shape index (κ2) is 3.81. The number of carbonyl (C=O) groups excluding carboxylic acids is 1. The Hall–Kier alpha value is -2.10. The molecule has 0 spiro atoms. The highest BCUT2D eigenvalue weighted by atomic mass is 16.2. The van der Waals surface area contributed by atoms with Crippen LogP contribution >= 0.6 is 0 Å². The molecule has 0 aliphatic carbocycles. The van der Waals surface area contributed by atoms with Crippen molar-refractivity contribution in [1.82, 2.24) is 4.57 Å². The topological polar surface area (TPSA) is 51.1 Å². The summed E-state index contributed by atoms with van der Waals surface area (Å²) in [6.07, 6.45) is 1.63. The largest absolute Gasteiger partial charge is 0.348 e. The second-order valence-electron chi connectivity index (χ2n) is 3.68. The van der Waals surface area contributed by atoms with Crippen molar-refractivity contribution in [3.8, 4) is 0 Å². The molecular formula is C12H12N2O2. The highest BCUT2D eigenvalue weighted by Crippen LogP contribution is 2.12. The first-order valence-electron chi connectivity index (χ1n) is 4.95. The van der Waals surface area contributed by atoms with Crippen molar-refractivity contribution < 1.29 is 4.79 Å². The minimum Gasteiger partial charge on any atom is -0.348 e. The molecule has 0 bridgehead atoms. The fourth-order valence-electron chi connectivity index (χ4n) is 1.72. The van der Waals surface area contributed by atoms with Crippen molar-refractivity contribution in [3.63, 3.8) is 0 Å². The normalized spacial score (nSPS) is 10.4. The first-order valence-corrected chi connectivity index (χ1v) is 4.95. The zero-order valence-corrected chi connectivity index (χ0v) is 9.15. The lowest BCUT2D eigenvalue weighted by atomic mass is 10.2. The minimum atomic E-state index is -0.243. The van der Waals surface area contributed by atoms with Gasteiger partial charge in [0.1, 0.15) is 5.69 Å². The van der Waals surface area contributed by atoms with Gasteiger partial charge in [-0.1, -0.05) is 12.1 Å². The lowest BCUT2D eigenvalue weighted by Gasteiger charge is -2.08. The Labute approximate surface area is 92.5 Å². The molecule has 0 saturated carbocycles. The Balaban J connectivity index is 2.75. The minimum absolute atomic E-state index is 0.149. The van der Waals surface area contributed by atoms with Crippen molar-refractivity contribution in [1.29, 1.82) is 0 Å². The molecule has 2 aromatic rings. The molecule has 0 aliphatic rings. The van der Waals surface area contributed by atoms with Crippen LogP contribution in [0.4, 0.5) is 5.69 Å². The Morgan fingerprint density at radius 1 is 1.31 bits per heavy atom. The first kappa shape index (κ1) is 10.4. The van der Waals surface area contributed by atoms with Crippen LogP contribution in [0.3, 0.4) is 0 Å². The van der Waals surface area contributed by atoms with E-state index in [9.17, 15) is 9.59 Å². The van der Waals surface area contributed by atoms with E-state index in [1.165, 1.54) is 6.92 Å². The van der Waals surface area contributed by atoms with Gasteiger partial charge >= 0.3 is 0 Å². The predicted octanol–water partition coefficient (Wildman–Crippen LogP) is 1.50. The van der Waals surface area contributed by atoms with E-state index in [0.29, 0.717) is 11.1 Å². The second-order valence-corrected chi connectivity index (χ2v) is 3.68. The third-order valence-corrected chi connectivity index (χ3v) is 2.41. The summed E-state index contributed by atoms with van der Waals surface area (Å²) in [6, 6.07) is 7.30. The molecule has 16 heavy (non-hydrogen) atoms. The molecule has 1 aromatic carbocycles. The van der Waals surface area contributed by atoms with Crippen molar-refractivity contribution >= 4 is 22.5 Å². The van der Waals surface area contributed by atoms with Crippen LogP contribution in [-0.2, 0) is 11.8 Å². The Bertz CT molecular complexity index is 614. The standard InChI is InChI=1S/C12H12N2O2/c1-8(15)13-10-7-14(2)11-6-4-3-5-9(11)12(10)16/h3-7H,1-2H3,(H,13,15). The van der Waals surface area contributed by atoms with E-state index in [1.807, 2.05) is 23.7 Å². The zero-order valence-electron chi connectivity index (χ0n) is 9.15. The van der Waals surface area contributed by atoms with Crippen LogP contribution in [0.15, 0.2) is 35.3 Å². The molecule has 0 aliphatic heterocycles. The van der Waals surface area contributed by atoms with Crippen LogP contribution < -0.4 is 10.7 Å². The summed E-state index contributed by atoms with van der Waals surface area (Å²) in [7, 11) is 1.84. The molecule has 2 rings (SSSR count). The van der Waals surface area contributed by atoms with E-state index in [0.717, 1.165) is 5.52 Å². The molecule has 0 atom stereocenters. The maximum atomic E-state index is 12.0. The first-order chi connectivity index (χ1) is 7.59. The fraction of sp³-hybridized carbons (Fsp3) is 0.167. The molecule has 1 N–H and O–H groups in total. The van der Waals surface area contributed by atoms with Gasteiger partial charge in [-0.15, -0.1) is 0 Å². The van der Waals surface area contributed by atoms with Crippen LogP contribution in [0.25, 0.3) is 10.9 Å². The van der Waals surface area contributed by atoms with Gasteiger partial charge in [0.25, 0.3) is 0 Å². The number of fused-ring (bicyclic) bond motifs is 1. The molecule has 0 radical (unpaired) electrons.